The predicted octanol–water partition coefficient (Wildman–Crippen LogP) is 3.83. The molecule has 1 atom stereocenters. The van der Waals surface area contributed by atoms with Gasteiger partial charge in [0.1, 0.15) is 6.33 Å². The number of amides is 1. The molecule has 6 nitrogen and oxygen atoms in total. The van der Waals surface area contributed by atoms with Gasteiger partial charge in [0.15, 0.2) is 0 Å². The van der Waals surface area contributed by atoms with Crippen molar-refractivity contribution in [3.8, 4) is 0 Å². The van der Waals surface area contributed by atoms with Crippen molar-refractivity contribution in [3.05, 3.63) is 53.3 Å². The van der Waals surface area contributed by atoms with Crippen LogP contribution in [0.2, 0.25) is 5.02 Å². The average Bonchev–Trinajstić information content (AvgIpc) is 3.20. The summed E-state index contributed by atoms with van der Waals surface area (Å²) in [5.41, 5.74) is 2.91. The van der Waals surface area contributed by atoms with Gasteiger partial charge in [-0.25, -0.2) is 5.10 Å². The van der Waals surface area contributed by atoms with Crippen LogP contribution in [0.5, 0.6) is 0 Å². The molecule has 0 radical (unpaired) electrons. The lowest BCUT2D eigenvalue weighted by molar-refractivity contribution is -0.117. The molecule has 4 aromatic rings. The summed E-state index contributed by atoms with van der Waals surface area (Å²) < 4.78 is 0. The number of nitrogens with one attached hydrogen (secondary N) is 3. The second-order valence-corrected chi connectivity index (χ2v) is 6.10. The minimum Gasteiger partial charge on any atom is -0.355 e. The standard InChI is InChI=1S/C17H14ClN5O/c1-9(16(24)22-17-19-8-20-23-17)10-2-4-12-13-7-11(18)3-5-14(13)21-15(12)6-10/h2-9,21H,1H3,(H2,19,20,22,23,24)/t9-/m1/s1. The molecule has 0 aliphatic rings. The lowest BCUT2D eigenvalue weighted by atomic mass is 9.99. The third kappa shape index (κ3) is 2.51. The summed E-state index contributed by atoms with van der Waals surface area (Å²) in [6.07, 6.45) is 1.35. The second-order valence-electron chi connectivity index (χ2n) is 5.66. The number of fused-ring (bicyclic) bond motifs is 3. The number of hydrogen-bond donors (Lipinski definition) is 3. The summed E-state index contributed by atoms with van der Waals surface area (Å²) >= 11 is 6.09. The first-order chi connectivity index (χ1) is 11.6. The first-order valence-corrected chi connectivity index (χ1v) is 7.87. The number of aromatic amines is 2. The Hall–Kier alpha value is -2.86. The molecule has 7 heteroatoms. The van der Waals surface area contributed by atoms with E-state index in [0.29, 0.717) is 11.0 Å². The molecule has 1 amide bonds. The van der Waals surface area contributed by atoms with Crippen molar-refractivity contribution in [1.82, 2.24) is 20.2 Å². The average molecular weight is 340 g/mol. The Bertz CT molecular complexity index is 1040. The molecular weight excluding hydrogens is 326 g/mol. The molecule has 3 N–H and O–H groups in total. The number of carbonyl (C=O) groups is 1. The van der Waals surface area contributed by atoms with E-state index in [2.05, 4.69) is 25.5 Å². The molecule has 0 bridgehead atoms. The minimum absolute atomic E-state index is 0.148. The molecule has 0 aliphatic heterocycles. The number of aromatic nitrogens is 4. The fourth-order valence-electron chi connectivity index (χ4n) is 2.80. The Kier molecular flexibility index (Phi) is 3.46. The molecule has 2 aromatic carbocycles. The van der Waals surface area contributed by atoms with Gasteiger partial charge in [0.2, 0.25) is 11.9 Å². The number of nitrogens with zero attached hydrogens (tertiary/aromatic N) is 2. The largest absolute Gasteiger partial charge is 0.355 e. The molecule has 2 heterocycles. The zero-order chi connectivity index (χ0) is 16.7. The van der Waals surface area contributed by atoms with Gasteiger partial charge >= 0.3 is 0 Å². The Morgan fingerprint density at radius 3 is 2.83 bits per heavy atom. The number of hydrogen-bond acceptors (Lipinski definition) is 3. The Balaban J connectivity index is 1.69. The maximum Gasteiger partial charge on any atom is 0.233 e. The highest BCUT2D eigenvalue weighted by Crippen LogP contribution is 2.30. The van der Waals surface area contributed by atoms with E-state index in [9.17, 15) is 4.79 Å². The van der Waals surface area contributed by atoms with E-state index in [1.165, 1.54) is 6.33 Å². The normalized spacial score (nSPS) is 12.6. The third-order valence-electron chi connectivity index (χ3n) is 4.13. The molecule has 24 heavy (non-hydrogen) atoms. The summed E-state index contributed by atoms with van der Waals surface area (Å²) in [7, 11) is 0. The summed E-state index contributed by atoms with van der Waals surface area (Å²) in [6, 6.07) is 11.7. The number of carbonyl (C=O) groups excluding carboxylic acids is 1. The van der Waals surface area contributed by atoms with Gasteiger partial charge in [-0.2, -0.15) is 10.1 Å². The van der Waals surface area contributed by atoms with E-state index in [1.807, 2.05) is 43.3 Å². The number of halogens is 1. The van der Waals surface area contributed by atoms with Crippen molar-refractivity contribution in [2.75, 3.05) is 5.32 Å². The van der Waals surface area contributed by atoms with E-state index >= 15 is 0 Å². The second kappa shape index (κ2) is 5.65. The molecule has 0 aliphatic carbocycles. The molecule has 4 rings (SSSR count). The SMILES string of the molecule is C[C@@H](C(=O)Nc1ncn[nH]1)c1ccc2c(c1)[nH]c1ccc(Cl)cc12. The molecule has 0 spiro atoms. The van der Waals surface area contributed by atoms with E-state index in [-0.39, 0.29) is 11.8 Å². The van der Waals surface area contributed by atoms with Gasteiger partial charge in [0.05, 0.1) is 5.92 Å². The number of H-pyrrole nitrogens is 2. The molecule has 120 valence electrons. The van der Waals surface area contributed by atoms with Crippen molar-refractivity contribution in [2.45, 2.75) is 12.8 Å². The molecule has 0 saturated carbocycles. The summed E-state index contributed by atoms with van der Waals surface area (Å²) in [6.45, 7) is 1.85. The van der Waals surface area contributed by atoms with Crippen LogP contribution in [0.25, 0.3) is 21.8 Å². The summed E-state index contributed by atoms with van der Waals surface area (Å²) in [5, 5.41) is 11.9. The van der Waals surface area contributed by atoms with Gasteiger partial charge in [-0.15, -0.1) is 0 Å². The summed E-state index contributed by atoms with van der Waals surface area (Å²) in [4.78, 5) is 19.6. The molecule has 0 fully saturated rings. The lowest BCUT2D eigenvalue weighted by Gasteiger charge is -2.11. The fourth-order valence-corrected chi connectivity index (χ4v) is 2.98. The zero-order valence-electron chi connectivity index (χ0n) is 12.8. The van der Waals surface area contributed by atoms with Crippen LogP contribution in [0.3, 0.4) is 0 Å². The maximum atomic E-state index is 12.3. The molecule has 0 saturated heterocycles. The van der Waals surface area contributed by atoms with Crippen molar-refractivity contribution in [1.29, 1.82) is 0 Å². The van der Waals surface area contributed by atoms with Crippen LogP contribution in [0.4, 0.5) is 5.95 Å². The van der Waals surface area contributed by atoms with Gasteiger partial charge in [-0.05, 0) is 36.8 Å². The Morgan fingerprint density at radius 2 is 2.04 bits per heavy atom. The van der Waals surface area contributed by atoms with Crippen LogP contribution in [0, 0.1) is 0 Å². The Morgan fingerprint density at radius 1 is 1.17 bits per heavy atom. The van der Waals surface area contributed by atoms with Crippen molar-refractivity contribution >= 4 is 45.3 Å². The van der Waals surface area contributed by atoms with Crippen molar-refractivity contribution in [2.24, 2.45) is 0 Å². The number of anilines is 1. The van der Waals surface area contributed by atoms with Crippen LogP contribution in [0.1, 0.15) is 18.4 Å². The highest BCUT2D eigenvalue weighted by Gasteiger charge is 2.17. The van der Waals surface area contributed by atoms with Crippen LogP contribution < -0.4 is 5.32 Å². The zero-order valence-corrected chi connectivity index (χ0v) is 13.6. The van der Waals surface area contributed by atoms with Gasteiger partial charge in [0.25, 0.3) is 0 Å². The van der Waals surface area contributed by atoms with E-state index in [0.717, 1.165) is 27.4 Å². The van der Waals surface area contributed by atoms with E-state index < -0.39 is 0 Å². The molecule has 2 aromatic heterocycles. The van der Waals surface area contributed by atoms with Crippen LogP contribution >= 0.6 is 11.6 Å². The topological polar surface area (TPSA) is 86.5 Å². The first kappa shape index (κ1) is 14.7. The lowest BCUT2D eigenvalue weighted by Crippen LogP contribution is -2.19. The minimum atomic E-state index is -0.325. The van der Waals surface area contributed by atoms with Crippen LogP contribution in [0.15, 0.2) is 42.7 Å². The van der Waals surface area contributed by atoms with Crippen molar-refractivity contribution in [3.63, 3.8) is 0 Å². The van der Waals surface area contributed by atoms with Gasteiger partial charge in [-0.3, -0.25) is 10.1 Å². The highest BCUT2D eigenvalue weighted by atomic mass is 35.5. The first-order valence-electron chi connectivity index (χ1n) is 7.49. The van der Waals surface area contributed by atoms with E-state index in [1.54, 1.807) is 0 Å². The molecular formula is C17H14ClN5O. The number of rotatable bonds is 3. The van der Waals surface area contributed by atoms with Gasteiger partial charge in [-0.1, -0.05) is 23.7 Å². The van der Waals surface area contributed by atoms with Gasteiger partial charge < -0.3 is 4.98 Å². The van der Waals surface area contributed by atoms with Crippen molar-refractivity contribution < 1.29 is 4.79 Å². The van der Waals surface area contributed by atoms with Crippen LogP contribution in [-0.2, 0) is 4.79 Å². The number of benzene rings is 2. The fraction of sp³-hybridized carbons (Fsp3) is 0.118. The highest BCUT2D eigenvalue weighted by molar-refractivity contribution is 6.31. The Labute approximate surface area is 142 Å². The monoisotopic (exact) mass is 339 g/mol. The molecule has 0 unspecified atom stereocenters. The quantitative estimate of drug-likeness (QED) is 0.530. The van der Waals surface area contributed by atoms with E-state index in [4.69, 9.17) is 11.6 Å². The third-order valence-corrected chi connectivity index (χ3v) is 4.37. The maximum absolute atomic E-state index is 12.3. The van der Waals surface area contributed by atoms with Gasteiger partial charge in [0, 0.05) is 26.8 Å². The summed E-state index contributed by atoms with van der Waals surface area (Å²) in [5.74, 6) is -0.132. The van der Waals surface area contributed by atoms with Crippen LogP contribution in [-0.4, -0.2) is 26.1 Å². The predicted molar refractivity (Wildman–Crippen MR) is 94.2 cm³/mol. The smallest absolute Gasteiger partial charge is 0.233 e.